The van der Waals surface area contributed by atoms with Crippen LogP contribution in [0, 0.1) is 5.92 Å². The van der Waals surface area contributed by atoms with Gasteiger partial charge in [-0.05, 0) is 55.9 Å². The van der Waals surface area contributed by atoms with E-state index < -0.39 is 11.9 Å². The second-order valence-corrected chi connectivity index (χ2v) is 9.97. The van der Waals surface area contributed by atoms with Crippen LogP contribution in [0.2, 0.25) is 5.02 Å². The molecule has 1 N–H and O–H groups in total. The monoisotopic (exact) mass is 493 g/mol. The second kappa shape index (κ2) is 10.7. The number of nitrogens with one attached hydrogen (secondary N) is 1. The molecule has 1 heterocycles. The third-order valence-electron chi connectivity index (χ3n) is 6.47. The van der Waals surface area contributed by atoms with Crippen molar-refractivity contribution in [3.05, 3.63) is 87.2 Å². The van der Waals surface area contributed by atoms with Crippen LogP contribution in [0.15, 0.2) is 71.1 Å². The van der Waals surface area contributed by atoms with Crippen LogP contribution in [-0.2, 0) is 14.3 Å². The number of dihydropyridines is 1. The molecule has 0 unspecified atom stereocenters. The van der Waals surface area contributed by atoms with E-state index in [1.54, 1.807) is 0 Å². The van der Waals surface area contributed by atoms with Crippen LogP contribution in [0.25, 0.3) is 0 Å². The van der Waals surface area contributed by atoms with E-state index in [1.807, 2.05) is 76.2 Å². The normalized spacial score (nSPS) is 20.0. The first-order valence-electron chi connectivity index (χ1n) is 12.2. The van der Waals surface area contributed by atoms with Crippen molar-refractivity contribution in [2.75, 3.05) is 13.2 Å². The Hall–Kier alpha value is -3.05. The molecule has 0 saturated carbocycles. The lowest BCUT2D eigenvalue weighted by atomic mass is 9.71. The smallest absolute Gasteiger partial charge is 0.336 e. The molecular weight excluding hydrogens is 462 g/mol. The van der Waals surface area contributed by atoms with Crippen molar-refractivity contribution in [2.45, 2.75) is 52.4 Å². The van der Waals surface area contributed by atoms with Crippen LogP contribution < -0.4 is 10.1 Å². The largest absolute Gasteiger partial charge is 0.494 e. The summed E-state index contributed by atoms with van der Waals surface area (Å²) in [5.41, 5.74) is 4.54. The molecule has 184 valence electrons. The SMILES string of the molecule is CCOc1ccccc1[C@@H]1C(C(=O)OCC(C)C)=C(C)NC2=C1C(=O)C[C@H](c1ccc(Cl)cc1)C2. The Morgan fingerprint density at radius 1 is 1.11 bits per heavy atom. The first-order chi connectivity index (χ1) is 16.8. The molecule has 0 spiro atoms. The quantitative estimate of drug-likeness (QED) is 0.458. The van der Waals surface area contributed by atoms with E-state index in [0.717, 1.165) is 16.8 Å². The van der Waals surface area contributed by atoms with Gasteiger partial charge in [-0.25, -0.2) is 4.79 Å². The van der Waals surface area contributed by atoms with Crippen molar-refractivity contribution in [3.63, 3.8) is 0 Å². The van der Waals surface area contributed by atoms with Crippen molar-refractivity contribution >= 4 is 23.4 Å². The van der Waals surface area contributed by atoms with E-state index in [0.29, 0.717) is 53.7 Å². The maximum absolute atomic E-state index is 13.7. The number of benzene rings is 2. The molecule has 2 atom stereocenters. The van der Waals surface area contributed by atoms with Gasteiger partial charge in [0.2, 0.25) is 0 Å². The average molecular weight is 494 g/mol. The zero-order chi connectivity index (χ0) is 25.1. The number of hydrogen-bond donors (Lipinski definition) is 1. The fourth-order valence-electron chi connectivity index (χ4n) is 4.92. The summed E-state index contributed by atoms with van der Waals surface area (Å²) in [7, 11) is 0. The van der Waals surface area contributed by atoms with Crippen molar-refractivity contribution < 1.29 is 19.1 Å². The number of carbonyl (C=O) groups excluding carboxylic acids is 2. The van der Waals surface area contributed by atoms with Crippen LogP contribution in [0.5, 0.6) is 5.75 Å². The standard InChI is InChI=1S/C29H32ClNO4/c1-5-34-25-9-7-6-8-22(25)27-26(29(33)35-16-17(2)3)18(4)31-23-14-20(15-24(32)28(23)27)19-10-12-21(30)13-11-19/h6-13,17,20,27,31H,5,14-16H2,1-4H3/t20-,27-/m1/s1. The molecule has 0 saturated heterocycles. The molecule has 2 aliphatic rings. The van der Waals surface area contributed by atoms with Gasteiger partial charge in [0.25, 0.3) is 0 Å². The molecule has 2 aromatic carbocycles. The molecule has 0 amide bonds. The van der Waals surface area contributed by atoms with Gasteiger partial charge in [0.1, 0.15) is 5.75 Å². The van der Waals surface area contributed by atoms with Gasteiger partial charge in [0.05, 0.1) is 24.7 Å². The molecule has 1 aliphatic carbocycles. The van der Waals surface area contributed by atoms with Gasteiger partial charge < -0.3 is 14.8 Å². The minimum atomic E-state index is -0.549. The summed E-state index contributed by atoms with van der Waals surface area (Å²) in [6.45, 7) is 8.59. The summed E-state index contributed by atoms with van der Waals surface area (Å²) >= 11 is 6.08. The highest BCUT2D eigenvalue weighted by molar-refractivity contribution is 6.30. The number of para-hydroxylation sites is 1. The maximum atomic E-state index is 13.7. The van der Waals surface area contributed by atoms with E-state index >= 15 is 0 Å². The van der Waals surface area contributed by atoms with Crippen LogP contribution in [0.1, 0.15) is 63.5 Å². The van der Waals surface area contributed by atoms with Crippen LogP contribution >= 0.6 is 11.6 Å². The van der Waals surface area contributed by atoms with E-state index in [4.69, 9.17) is 21.1 Å². The molecule has 1 aliphatic heterocycles. The second-order valence-electron chi connectivity index (χ2n) is 9.53. The van der Waals surface area contributed by atoms with E-state index in [2.05, 4.69) is 5.32 Å². The summed E-state index contributed by atoms with van der Waals surface area (Å²) in [4.78, 5) is 27.1. The maximum Gasteiger partial charge on any atom is 0.336 e. The third kappa shape index (κ3) is 5.30. The molecule has 4 rings (SSSR count). The molecular formula is C29H32ClNO4. The van der Waals surface area contributed by atoms with Gasteiger partial charge in [-0.3, -0.25) is 4.79 Å². The third-order valence-corrected chi connectivity index (χ3v) is 6.72. The lowest BCUT2D eigenvalue weighted by Gasteiger charge is -2.37. The Morgan fingerprint density at radius 2 is 1.83 bits per heavy atom. The van der Waals surface area contributed by atoms with Gasteiger partial charge in [0, 0.05) is 34.0 Å². The average Bonchev–Trinajstić information content (AvgIpc) is 2.82. The fraction of sp³-hybridized carbons (Fsp3) is 0.379. The van der Waals surface area contributed by atoms with Crippen LogP contribution in [0.4, 0.5) is 0 Å². The summed E-state index contributed by atoms with van der Waals surface area (Å²) in [6, 6.07) is 15.3. The number of hydrogen-bond acceptors (Lipinski definition) is 5. The van der Waals surface area contributed by atoms with Crippen molar-refractivity contribution in [2.24, 2.45) is 5.92 Å². The summed E-state index contributed by atoms with van der Waals surface area (Å²) in [5, 5.41) is 4.07. The van der Waals surface area contributed by atoms with E-state index in [1.165, 1.54) is 0 Å². The van der Waals surface area contributed by atoms with Crippen LogP contribution in [0.3, 0.4) is 0 Å². The van der Waals surface area contributed by atoms with E-state index in [9.17, 15) is 9.59 Å². The molecule has 0 bridgehead atoms. The van der Waals surface area contributed by atoms with Crippen molar-refractivity contribution in [1.82, 2.24) is 5.32 Å². The molecule has 35 heavy (non-hydrogen) atoms. The number of carbonyl (C=O) groups is 2. The first kappa shape index (κ1) is 25.1. The molecule has 0 fully saturated rings. The highest BCUT2D eigenvalue weighted by Gasteiger charge is 2.42. The Balaban J connectivity index is 1.80. The predicted molar refractivity (Wildman–Crippen MR) is 137 cm³/mol. The summed E-state index contributed by atoms with van der Waals surface area (Å²) in [6.07, 6.45) is 1.03. The number of allylic oxidation sites excluding steroid dienone is 3. The molecule has 0 aromatic heterocycles. The van der Waals surface area contributed by atoms with Gasteiger partial charge >= 0.3 is 5.97 Å². The van der Waals surface area contributed by atoms with Gasteiger partial charge in [-0.1, -0.05) is 55.8 Å². The minimum Gasteiger partial charge on any atom is -0.494 e. The minimum absolute atomic E-state index is 0.0247. The molecule has 2 aromatic rings. The molecule has 5 nitrogen and oxygen atoms in total. The Bertz CT molecular complexity index is 1180. The number of rotatable bonds is 7. The van der Waals surface area contributed by atoms with E-state index in [-0.39, 0.29) is 17.6 Å². The summed E-state index contributed by atoms with van der Waals surface area (Å²) in [5.74, 6) is -0.0145. The van der Waals surface area contributed by atoms with Crippen LogP contribution in [-0.4, -0.2) is 25.0 Å². The van der Waals surface area contributed by atoms with Crippen molar-refractivity contribution in [3.8, 4) is 5.75 Å². The lowest BCUT2D eigenvalue weighted by Crippen LogP contribution is -2.36. The molecule has 0 radical (unpaired) electrons. The van der Waals surface area contributed by atoms with Gasteiger partial charge in [0.15, 0.2) is 5.78 Å². The predicted octanol–water partition coefficient (Wildman–Crippen LogP) is 6.30. The topological polar surface area (TPSA) is 64.6 Å². The Labute approximate surface area is 212 Å². The van der Waals surface area contributed by atoms with Crippen molar-refractivity contribution in [1.29, 1.82) is 0 Å². The van der Waals surface area contributed by atoms with Gasteiger partial charge in [-0.15, -0.1) is 0 Å². The zero-order valence-electron chi connectivity index (χ0n) is 20.7. The highest BCUT2D eigenvalue weighted by Crippen LogP contribution is 2.47. The highest BCUT2D eigenvalue weighted by atomic mass is 35.5. The molecule has 6 heteroatoms. The first-order valence-corrected chi connectivity index (χ1v) is 12.6. The Kier molecular flexibility index (Phi) is 7.66. The fourth-order valence-corrected chi connectivity index (χ4v) is 5.04. The number of ketones is 1. The number of halogens is 1. The Morgan fingerprint density at radius 3 is 2.51 bits per heavy atom. The number of ether oxygens (including phenoxy) is 2. The summed E-state index contributed by atoms with van der Waals surface area (Å²) < 4.78 is 11.6. The zero-order valence-corrected chi connectivity index (χ0v) is 21.4. The lowest BCUT2D eigenvalue weighted by molar-refractivity contribution is -0.140. The van der Waals surface area contributed by atoms with Gasteiger partial charge in [-0.2, -0.15) is 0 Å². The number of Topliss-reactive ketones (excluding diaryl/α,β-unsaturated/α-hetero) is 1. The number of esters is 1.